The summed E-state index contributed by atoms with van der Waals surface area (Å²) in [5.74, 6) is 4.50. The van der Waals surface area contributed by atoms with E-state index < -0.39 is 11.2 Å². The monoisotopic (exact) mass is 138 g/mol. The van der Waals surface area contributed by atoms with Gasteiger partial charge in [0.05, 0.1) is 0 Å². The molecular formula is C4H10OS2. The van der Waals surface area contributed by atoms with Crippen LogP contribution < -0.4 is 0 Å². The standard InChI is InChI=1S/C4H10OS2/c5-7-3-1-6-2-4-7/h5,7H,1-4H2. The maximum atomic E-state index is 8.96. The average molecular weight is 138 g/mol. The van der Waals surface area contributed by atoms with Crippen molar-refractivity contribution in [3.8, 4) is 0 Å². The molecule has 0 aromatic carbocycles. The Bertz CT molecular complexity index is 51.7. The molecule has 1 aliphatic heterocycles. The van der Waals surface area contributed by atoms with Gasteiger partial charge in [-0.2, -0.15) is 11.8 Å². The predicted octanol–water partition coefficient (Wildman–Crippen LogP) is 1.21. The van der Waals surface area contributed by atoms with Gasteiger partial charge in [-0.3, -0.25) is 0 Å². The van der Waals surface area contributed by atoms with E-state index in [1.165, 1.54) is 11.5 Å². The van der Waals surface area contributed by atoms with E-state index in [0.29, 0.717) is 0 Å². The van der Waals surface area contributed by atoms with Crippen LogP contribution in [0.2, 0.25) is 0 Å². The molecule has 0 atom stereocenters. The van der Waals surface area contributed by atoms with Crippen molar-refractivity contribution in [3.63, 3.8) is 0 Å². The lowest BCUT2D eigenvalue weighted by Gasteiger charge is -2.18. The molecule has 7 heavy (non-hydrogen) atoms. The van der Waals surface area contributed by atoms with Gasteiger partial charge in [0.25, 0.3) is 0 Å². The molecule has 44 valence electrons. The molecule has 1 rings (SSSR count). The molecule has 1 nitrogen and oxygen atoms in total. The summed E-state index contributed by atoms with van der Waals surface area (Å²) in [5, 5.41) is 0. The highest BCUT2D eigenvalue weighted by Crippen LogP contribution is 2.26. The predicted molar refractivity (Wildman–Crippen MR) is 38.7 cm³/mol. The summed E-state index contributed by atoms with van der Waals surface area (Å²) in [7, 11) is 0. The molecule has 1 fully saturated rings. The zero-order chi connectivity index (χ0) is 5.11. The summed E-state index contributed by atoms with van der Waals surface area (Å²) >= 11 is 1.44. The van der Waals surface area contributed by atoms with Gasteiger partial charge in [0, 0.05) is 23.0 Å². The van der Waals surface area contributed by atoms with Crippen molar-refractivity contribution in [2.45, 2.75) is 0 Å². The van der Waals surface area contributed by atoms with Crippen LogP contribution in [0.1, 0.15) is 0 Å². The van der Waals surface area contributed by atoms with E-state index in [2.05, 4.69) is 0 Å². The zero-order valence-electron chi connectivity index (χ0n) is 4.13. The molecule has 3 heteroatoms. The van der Waals surface area contributed by atoms with Gasteiger partial charge in [-0.05, 0) is 0 Å². The molecule has 0 radical (unpaired) electrons. The fourth-order valence-electron chi connectivity index (χ4n) is 0.554. The largest absolute Gasteiger partial charge is 0.354 e. The van der Waals surface area contributed by atoms with Crippen LogP contribution >= 0.6 is 22.9 Å². The molecule has 0 aromatic heterocycles. The summed E-state index contributed by atoms with van der Waals surface area (Å²) in [4.78, 5) is 0. The summed E-state index contributed by atoms with van der Waals surface area (Å²) in [6.07, 6.45) is 0. The normalized spacial score (nSPS) is 27.9. The Morgan fingerprint density at radius 2 is 1.86 bits per heavy atom. The highest BCUT2D eigenvalue weighted by molar-refractivity contribution is 8.14. The van der Waals surface area contributed by atoms with Crippen LogP contribution in [0, 0.1) is 0 Å². The number of rotatable bonds is 0. The second-order valence-corrected chi connectivity index (χ2v) is 4.70. The first-order valence-corrected chi connectivity index (χ1v) is 5.23. The molecule has 1 heterocycles. The number of hydrogen-bond acceptors (Lipinski definition) is 2. The maximum absolute atomic E-state index is 8.96. The lowest BCUT2D eigenvalue weighted by molar-refractivity contribution is 0.647. The van der Waals surface area contributed by atoms with Gasteiger partial charge < -0.3 is 4.55 Å². The third-order valence-corrected chi connectivity index (χ3v) is 4.06. The van der Waals surface area contributed by atoms with Gasteiger partial charge in [-0.15, -0.1) is 11.2 Å². The SMILES string of the molecule is O[SH]1CCSCC1. The number of thiol groups is 1. The Hall–Kier alpha value is 0.660. The highest BCUT2D eigenvalue weighted by atomic mass is 32.2. The lowest BCUT2D eigenvalue weighted by Crippen LogP contribution is -2.05. The Balaban J connectivity index is 2.12. The first-order valence-electron chi connectivity index (χ1n) is 2.41. The molecule has 0 unspecified atom stereocenters. The van der Waals surface area contributed by atoms with Crippen molar-refractivity contribution in [2.75, 3.05) is 23.0 Å². The van der Waals surface area contributed by atoms with E-state index in [4.69, 9.17) is 4.55 Å². The second kappa shape index (κ2) is 2.84. The average Bonchev–Trinajstić information content (AvgIpc) is 1.69. The topological polar surface area (TPSA) is 20.2 Å². The molecule has 0 aliphatic carbocycles. The minimum Gasteiger partial charge on any atom is -0.354 e. The van der Waals surface area contributed by atoms with E-state index in [1.54, 1.807) is 0 Å². The van der Waals surface area contributed by atoms with Gasteiger partial charge in [0.2, 0.25) is 0 Å². The van der Waals surface area contributed by atoms with Gasteiger partial charge >= 0.3 is 0 Å². The van der Waals surface area contributed by atoms with E-state index in [0.717, 1.165) is 11.5 Å². The number of hydrogen-bond donors (Lipinski definition) is 2. The minimum absolute atomic E-state index is 0.512. The van der Waals surface area contributed by atoms with Gasteiger partial charge in [-0.1, -0.05) is 0 Å². The van der Waals surface area contributed by atoms with Gasteiger partial charge in [0.1, 0.15) is 0 Å². The van der Waals surface area contributed by atoms with Crippen molar-refractivity contribution >= 4 is 22.9 Å². The highest BCUT2D eigenvalue weighted by Gasteiger charge is 2.04. The Kier molecular flexibility index (Phi) is 2.35. The fourth-order valence-corrected chi connectivity index (χ4v) is 3.70. The maximum Gasteiger partial charge on any atom is 0.00530 e. The molecule has 0 aromatic rings. The van der Waals surface area contributed by atoms with Gasteiger partial charge in [-0.25, -0.2) is 0 Å². The molecule has 1 aliphatic rings. The molecule has 1 N–H and O–H groups in total. The molecule has 1 saturated heterocycles. The van der Waals surface area contributed by atoms with Crippen molar-refractivity contribution < 1.29 is 4.55 Å². The summed E-state index contributed by atoms with van der Waals surface area (Å²) in [5.41, 5.74) is 0. The summed E-state index contributed by atoms with van der Waals surface area (Å²) in [6.45, 7) is 0. The third-order valence-electron chi connectivity index (χ3n) is 0.987. The Morgan fingerprint density at radius 1 is 1.29 bits per heavy atom. The van der Waals surface area contributed by atoms with E-state index in [-0.39, 0.29) is 0 Å². The van der Waals surface area contributed by atoms with Crippen LogP contribution in [0.3, 0.4) is 0 Å². The summed E-state index contributed by atoms with van der Waals surface area (Å²) < 4.78 is 8.96. The van der Waals surface area contributed by atoms with Crippen LogP contribution in [-0.2, 0) is 0 Å². The first-order chi connectivity index (χ1) is 3.39. The van der Waals surface area contributed by atoms with Crippen LogP contribution in [-0.4, -0.2) is 27.6 Å². The van der Waals surface area contributed by atoms with Crippen molar-refractivity contribution in [2.24, 2.45) is 0 Å². The minimum atomic E-state index is -0.512. The van der Waals surface area contributed by atoms with Crippen molar-refractivity contribution in [3.05, 3.63) is 0 Å². The smallest absolute Gasteiger partial charge is 0.00530 e. The van der Waals surface area contributed by atoms with Gasteiger partial charge in [0.15, 0.2) is 0 Å². The lowest BCUT2D eigenvalue weighted by atomic mass is 10.9. The Labute approximate surface area is 51.0 Å². The molecule has 0 spiro atoms. The fraction of sp³-hybridized carbons (Fsp3) is 1.00. The van der Waals surface area contributed by atoms with Crippen molar-refractivity contribution in [1.29, 1.82) is 0 Å². The van der Waals surface area contributed by atoms with Crippen LogP contribution in [0.4, 0.5) is 0 Å². The number of thioether (sulfide) groups is 1. The third kappa shape index (κ3) is 1.93. The quantitative estimate of drug-likeness (QED) is 0.491. The van der Waals surface area contributed by atoms with E-state index in [9.17, 15) is 0 Å². The molecule has 0 bridgehead atoms. The summed E-state index contributed by atoms with van der Waals surface area (Å²) in [6, 6.07) is 0. The van der Waals surface area contributed by atoms with Crippen LogP contribution in [0.25, 0.3) is 0 Å². The Morgan fingerprint density at radius 3 is 2.14 bits per heavy atom. The van der Waals surface area contributed by atoms with Crippen LogP contribution in [0.15, 0.2) is 0 Å². The second-order valence-electron chi connectivity index (χ2n) is 1.57. The van der Waals surface area contributed by atoms with Crippen molar-refractivity contribution in [1.82, 2.24) is 0 Å². The molecule has 0 amide bonds. The zero-order valence-corrected chi connectivity index (χ0v) is 5.84. The van der Waals surface area contributed by atoms with Crippen LogP contribution in [0.5, 0.6) is 0 Å². The molecule has 0 saturated carbocycles. The molecular weight excluding hydrogens is 128 g/mol. The van der Waals surface area contributed by atoms with E-state index in [1.807, 2.05) is 11.8 Å². The first kappa shape index (κ1) is 5.79. The van der Waals surface area contributed by atoms with E-state index >= 15 is 0 Å².